The van der Waals surface area contributed by atoms with Crippen LogP contribution in [0.4, 0.5) is 13.2 Å². The summed E-state index contributed by atoms with van der Waals surface area (Å²) in [5.74, 6) is -1.69. The molecule has 210 valence electrons. The summed E-state index contributed by atoms with van der Waals surface area (Å²) in [4.78, 5) is 43.5. The highest BCUT2D eigenvalue weighted by atomic mass is 32.2. The van der Waals surface area contributed by atoms with Crippen LogP contribution >= 0.6 is 0 Å². The third-order valence-corrected chi connectivity index (χ3v) is 8.49. The van der Waals surface area contributed by atoms with Gasteiger partial charge in [-0.2, -0.15) is 4.31 Å². The number of nitrogens with zero attached hydrogens (tertiary/aromatic N) is 3. The van der Waals surface area contributed by atoms with Gasteiger partial charge in [0, 0.05) is 31.3 Å². The number of fused-ring (bicyclic) bond motifs is 1. The minimum absolute atomic E-state index is 0.100. The van der Waals surface area contributed by atoms with Crippen molar-refractivity contribution in [2.24, 2.45) is 5.92 Å². The average molecular weight is 569 g/mol. The second-order valence-corrected chi connectivity index (χ2v) is 11.3. The van der Waals surface area contributed by atoms with E-state index >= 15 is 0 Å². The van der Waals surface area contributed by atoms with Crippen molar-refractivity contribution < 1.29 is 40.7 Å². The summed E-state index contributed by atoms with van der Waals surface area (Å²) in [6.45, 7) is 1.97. The van der Waals surface area contributed by atoms with Crippen LogP contribution in [0.1, 0.15) is 36.5 Å². The van der Waals surface area contributed by atoms with E-state index in [9.17, 15) is 36.0 Å². The van der Waals surface area contributed by atoms with E-state index < -0.39 is 40.1 Å². The summed E-state index contributed by atoms with van der Waals surface area (Å²) in [5.41, 5.74) is 0.154. The number of hydrogen-bond acceptors (Lipinski definition) is 7. The number of benzene rings is 1. The number of halogens is 3. The second kappa shape index (κ2) is 11.3. The molecular weight excluding hydrogens is 541 g/mol. The average Bonchev–Trinajstić information content (AvgIpc) is 3.45. The molecule has 1 N–H and O–H groups in total. The monoisotopic (exact) mass is 568 g/mol. The molecule has 3 unspecified atom stereocenters. The molecule has 3 heterocycles. The van der Waals surface area contributed by atoms with E-state index in [4.69, 9.17) is 0 Å². The van der Waals surface area contributed by atoms with Crippen LogP contribution in [0.5, 0.6) is 5.75 Å². The number of sulfonamides is 1. The molecule has 39 heavy (non-hydrogen) atoms. The number of carbonyl (C=O) groups is 3. The third-order valence-electron chi connectivity index (χ3n) is 6.70. The first kappa shape index (κ1) is 28.5. The zero-order chi connectivity index (χ0) is 28.4. The van der Waals surface area contributed by atoms with Gasteiger partial charge in [-0.3, -0.25) is 14.4 Å². The number of rotatable bonds is 9. The predicted octanol–water partition coefficient (Wildman–Crippen LogP) is 2.37. The molecule has 1 aromatic heterocycles. The van der Waals surface area contributed by atoms with Gasteiger partial charge >= 0.3 is 6.36 Å². The molecule has 2 amide bonds. The lowest BCUT2D eigenvalue weighted by Gasteiger charge is -2.25. The maximum atomic E-state index is 13.0. The lowest BCUT2D eigenvalue weighted by atomic mass is 10.0. The van der Waals surface area contributed by atoms with Gasteiger partial charge in [-0.1, -0.05) is 13.0 Å². The Morgan fingerprint density at radius 2 is 1.90 bits per heavy atom. The van der Waals surface area contributed by atoms with E-state index in [1.54, 1.807) is 12.1 Å². The van der Waals surface area contributed by atoms with E-state index in [1.807, 2.05) is 6.92 Å². The highest BCUT2D eigenvalue weighted by Crippen LogP contribution is 2.34. The molecule has 2 saturated heterocycles. The van der Waals surface area contributed by atoms with Crippen LogP contribution in [0.3, 0.4) is 0 Å². The highest BCUT2D eigenvalue weighted by Gasteiger charge is 2.53. The van der Waals surface area contributed by atoms with Crippen LogP contribution in [0.15, 0.2) is 53.7 Å². The van der Waals surface area contributed by atoms with Crippen molar-refractivity contribution in [1.29, 1.82) is 0 Å². The number of aromatic nitrogens is 1. The topological polar surface area (TPSA) is 126 Å². The first-order valence-electron chi connectivity index (χ1n) is 12.3. The van der Waals surface area contributed by atoms with Crippen LogP contribution in [-0.2, 0) is 19.6 Å². The minimum Gasteiger partial charge on any atom is -0.406 e. The van der Waals surface area contributed by atoms with Crippen molar-refractivity contribution in [3.63, 3.8) is 0 Å². The minimum atomic E-state index is -4.82. The molecule has 1 aromatic carbocycles. The maximum Gasteiger partial charge on any atom is 0.573 e. The molecule has 2 aliphatic rings. The number of hydrogen-bond donors (Lipinski definition) is 1. The summed E-state index contributed by atoms with van der Waals surface area (Å²) < 4.78 is 67.8. The molecule has 0 bridgehead atoms. The molecule has 10 nitrogen and oxygen atoms in total. The van der Waals surface area contributed by atoms with Crippen LogP contribution < -0.4 is 10.1 Å². The quantitative estimate of drug-likeness (QED) is 0.492. The Labute approximate surface area is 223 Å². The number of Topliss-reactive ketones (excluding diaryl/α,β-unsaturated/α-hetero) is 1. The van der Waals surface area contributed by atoms with E-state index in [2.05, 4.69) is 15.0 Å². The van der Waals surface area contributed by atoms with E-state index in [-0.39, 0.29) is 54.3 Å². The Bertz CT molecular complexity index is 1320. The Balaban J connectivity index is 1.27. The Kier molecular flexibility index (Phi) is 8.25. The number of alkyl halides is 3. The molecule has 4 rings (SSSR count). The van der Waals surface area contributed by atoms with E-state index in [0.717, 1.165) is 16.4 Å². The van der Waals surface area contributed by atoms with Crippen LogP contribution in [0.2, 0.25) is 0 Å². The van der Waals surface area contributed by atoms with Gasteiger partial charge in [-0.15, -0.1) is 13.2 Å². The number of pyridine rings is 1. The van der Waals surface area contributed by atoms with Crippen molar-refractivity contribution in [3.8, 4) is 5.75 Å². The zero-order valence-electron chi connectivity index (χ0n) is 20.9. The molecule has 2 aliphatic heterocycles. The molecule has 14 heteroatoms. The van der Waals surface area contributed by atoms with Gasteiger partial charge in [0.25, 0.3) is 15.9 Å². The van der Waals surface area contributed by atoms with E-state index in [1.165, 1.54) is 29.3 Å². The Morgan fingerprint density at radius 1 is 1.18 bits per heavy atom. The lowest BCUT2D eigenvalue weighted by molar-refractivity contribution is -0.274. The van der Waals surface area contributed by atoms with E-state index in [0.29, 0.717) is 12.8 Å². The number of likely N-dealkylation sites (tertiary alicyclic amines) is 1. The van der Waals surface area contributed by atoms with Crippen molar-refractivity contribution in [1.82, 2.24) is 19.5 Å². The Morgan fingerprint density at radius 3 is 2.54 bits per heavy atom. The number of ether oxygens (including phenoxy) is 1. The fourth-order valence-corrected chi connectivity index (χ4v) is 6.41. The van der Waals surface area contributed by atoms with Gasteiger partial charge in [0.15, 0.2) is 10.8 Å². The molecule has 2 aromatic rings. The third kappa shape index (κ3) is 6.56. The first-order valence-corrected chi connectivity index (χ1v) is 13.7. The number of amides is 2. The van der Waals surface area contributed by atoms with Crippen molar-refractivity contribution in [2.45, 2.75) is 49.7 Å². The molecule has 0 saturated carbocycles. The number of carbonyl (C=O) groups excluding carboxylic acids is 3. The summed E-state index contributed by atoms with van der Waals surface area (Å²) in [6.07, 6.45) is -2.59. The summed E-state index contributed by atoms with van der Waals surface area (Å²) in [6, 6.07) is 7.53. The van der Waals surface area contributed by atoms with Crippen LogP contribution in [0, 0.1) is 5.92 Å². The van der Waals surface area contributed by atoms with Gasteiger partial charge < -0.3 is 15.0 Å². The molecular formula is C25H27F3N4O6S. The zero-order valence-corrected chi connectivity index (χ0v) is 21.7. The fourth-order valence-electron chi connectivity index (χ4n) is 4.85. The second-order valence-electron chi connectivity index (χ2n) is 9.50. The van der Waals surface area contributed by atoms with Crippen LogP contribution in [0.25, 0.3) is 0 Å². The molecule has 2 fully saturated rings. The highest BCUT2D eigenvalue weighted by molar-refractivity contribution is 7.89. The molecule has 0 aliphatic carbocycles. The van der Waals surface area contributed by atoms with Crippen molar-refractivity contribution >= 4 is 27.6 Å². The summed E-state index contributed by atoms with van der Waals surface area (Å²) in [5, 5.41) is 2.51. The lowest BCUT2D eigenvalue weighted by Crippen LogP contribution is -2.44. The maximum absolute atomic E-state index is 13.0. The Hall–Kier alpha value is -3.52. The molecule has 0 radical (unpaired) electrons. The van der Waals surface area contributed by atoms with Crippen molar-refractivity contribution in [3.05, 3.63) is 54.2 Å². The first-order chi connectivity index (χ1) is 18.4. The number of nitrogens with one attached hydrogen (secondary N) is 1. The molecule has 3 atom stereocenters. The SMILES string of the molecule is CC(CCNC(=O)c1ccc(OC(F)(F)F)cc1)CC(=O)N1CCC2C1C(=O)CN2S(=O)(=O)c1ccccn1. The normalized spacial score (nSPS) is 20.5. The summed E-state index contributed by atoms with van der Waals surface area (Å²) in [7, 11) is -3.99. The smallest absolute Gasteiger partial charge is 0.406 e. The van der Waals surface area contributed by atoms with Gasteiger partial charge in [-0.25, -0.2) is 13.4 Å². The van der Waals surface area contributed by atoms with Crippen molar-refractivity contribution in [2.75, 3.05) is 19.6 Å². The standard InChI is InChI=1S/C25H27F3N4O6S/c1-16(9-12-30-24(35)17-5-7-18(8-6-17)38-25(26,27)28)14-22(34)31-13-10-19-23(31)20(33)15-32(19)39(36,37)21-4-2-3-11-29-21/h2-8,11,16,19,23H,9-10,12-15H2,1H3,(H,30,35). The van der Waals surface area contributed by atoms with Gasteiger partial charge in [0.05, 0.1) is 12.6 Å². The van der Waals surface area contributed by atoms with Gasteiger partial charge in [0.2, 0.25) is 5.91 Å². The largest absolute Gasteiger partial charge is 0.573 e. The summed E-state index contributed by atoms with van der Waals surface area (Å²) >= 11 is 0. The predicted molar refractivity (Wildman–Crippen MR) is 131 cm³/mol. The van der Waals surface area contributed by atoms with Gasteiger partial charge in [0.1, 0.15) is 11.8 Å². The molecule has 0 spiro atoms. The van der Waals surface area contributed by atoms with Crippen LogP contribution in [-0.4, -0.2) is 78.3 Å². The fraction of sp³-hybridized carbons (Fsp3) is 0.440. The number of ketones is 1. The van der Waals surface area contributed by atoms with Gasteiger partial charge in [-0.05, 0) is 55.2 Å².